The molecule has 1 rings (SSSR count). The summed E-state index contributed by atoms with van der Waals surface area (Å²) in [7, 11) is 0. The Kier molecular flexibility index (Phi) is 5.31. The average molecular weight is 315 g/mol. The van der Waals surface area contributed by atoms with E-state index in [1.54, 1.807) is 6.08 Å². The summed E-state index contributed by atoms with van der Waals surface area (Å²) in [6, 6.07) is 4.09. The van der Waals surface area contributed by atoms with Crippen molar-refractivity contribution in [2.75, 3.05) is 13.2 Å². The summed E-state index contributed by atoms with van der Waals surface area (Å²) >= 11 is 3.19. The molecule has 0 aliphatic carbocycles. The summed E-state index contributed by atoms with van der Waals surface area (Å²) in [6.45, 7) is 3.59. The lowest BCUT2D eigenvalue weighted by molar-refractivity contribution is -0.385. The van der Waals surface area contributed by atoms with E-state index in [1.807, 2.05) is 0 Å². The number of hydrogen-bond donors (Lipinski definition) is 1. The Morgan fingerprint density at radius 1 is 1.61 bits per heavy atom. The highest BCUT2D eigenvalue weighted by Crippen LogP contribution is 2.29. The third kappa shape index (κ3) is 4.17. The van der Waals surface area contributed by atoms with Gasteiger partial charge in [-0.15, -0.1) is 6.58 Å². The molecule has 0 fully saturated rings. The predicted molar refractivity (Wildman–Crippen MR) is 69.5 cm³/mol. The molecule has 0 aliphatic rings. The van der Waals surface area contributed by atoms with E-state index in [0.29, 0.717) is 11.0 Å². The smallest absolute Gasteiger partial charge is 0.273 e. The monoisotopic (exact) mass is 314 g/mol. The largest absolute Gasteiger partial charge is 0.482 e. The topological polar surface area (TPSA) is 81.5 Å². The summed E-state index contributed by atoms with van der Waals surface area (Å²) in [5.41, 5.74) is -0.0975. The van der Waals surface area contributed by atoms with Gasteiger partial charge in [-0.2, -0.15) is 0 Å². The SMILES string of the molecule is C=CCNC(=O)COc1cc([N+](=O)[O-])ccc1Br. The zero-order valence-electron chi connectivity index (χ0n) is 9.39. The molecule has 1 aromatic rings. The maximum Gasteiger partial charge on any atom is 0.273 e. The quantitative estimate of drug-likeness (QED) is 0.495. The second-order valence-electron chi connectivity index (χ2n) is 3.25. The first-order valence-corrected chi connectivity index (χ1v) is 5.78. The van der Waals surface area contributed by atoms with Crippen molar-refractivity contribution in [3.63, 3.8) is 0 Å². The van der Waals surface area contributed by atoms with Gasteiger partial charge in [0.15, 0.2) is 6.61 Å². The van der Waals surface area contributed by atoms with Crippen molar-refractivity contribution in [3.05, 3.63) is 45.4 Å². The van der Waals surface area contributed by atoms with Crippen molar-refractivity contribution in [1.82, 2.24) is 5.32 Å². The van der Waals surface area contributed by atoms with E-state index >= 15 is 0 Å². The fraction of sp³-hybridized carbons (Fsp3) is 0.182. The number of rotatable bonds is 6. The van der Waals surface area contributed by atoms with Crippen LogP contribution in [0.3, 0.4) is 0 Å². The van der Waals surface area contributed by atoms with Crippen LogP contribution in [0.5, 0.6) is 5.75 Å². The Morgan fingerprint density at radius 3 is 2.94 bits per heavy atom. The van der Waals surface area contributed by atoms with Crippen molar-refractivity contribution in [2.24, 2.45) is 0 Å². The maximum absolute atomic E-state index is 11.3. The lowest BCUT2D eigenvalue weighted by atomic mass is 10.3. The molecular formula is C11H11BrN2O4. The normalized spacial score (nSPS) is 9.61. The molecule has 0 aliphatic heterocycles. The van der Waals surface area contributed by atoms with E-state index < -0.39 is 4.92 Å². The van der Waals surface area contributed by atoms with Crippen molar-refractivity contribution < 1.29 is 14.5 Å². The zero-order chi connectivity index (χ0) is 13.5. The standard InChI is InChI=1S/C11H11BrN2O4/c1-2-5-13-11(15)7-18-10-6-8(14(16)17)3-4-9(10)12/h2-4,6H,1,5,7H2,(H,13,15). The van der Waals surface area contributed by atoms with E-state index in [9.17, 15) is 14.9 Å². The minimum absolute atomic E-state index is 0.0975. The number of halogens is 1. The van der Waals surface area contributed by atoms with Gasteiger partial charge in [0.05, 0.1) is 15.5 Å². The van der Waals surface area contributed by atoms with Crippen LogP contribution in [0.4, 0.5) is 5.69 Å². The highest BCUT2D eigenvalue weighted by atomic mass is 79.9. The van der Waals surface area contributed by atoms with Crippen molar-refractivity contribution in [3.8, 4) is 5.75 Å². The average Bonchev–Trinajstić information content (AvgIpc) is 2.35. The van der Waals surface area contributed by atoms with Crippen LogP contribution < -0.4 is 10.1 Å². The number of nitro benzene ring substituents is 1. The Balaban J connectivity index is 2.66. The predicted octanol–water partition coefficient (Wildman–Crippen LogP) is 2.04. The number of non-ortho nitro benzene ring substituents is 1. The summed E-state index contributed by atoms with van der Waals surface area (Å²) in [4.78, 5) is 21.3. The number of benzene rings is 1. The fourth-order valence-electron chi connectivity index (χ4n) is 1.10. The van der Waals surface area contributed by atoms with Gasteiger partial charge in [0, 0.05) is 12.6 Å². The molecule has 0 atom stereocenters. The van der Waals surface area contributed by atoms with Gasteiger partial charge in [0.2, 0.25) is 0 Å². The molecule has 0 unspecified atom stereocenters. The van der Waals surface area contributed by atoms with Gasteiger partial charge < -0.3 is 10.1 Å². The number of carbonyl (C=O) groups excluding carboxylic acids is 1. The molecule has 7 heteroatoms. The number of nitrogens with one attached hydrogen (secondary N) is 1. The van der Waals surface area contributed by atoms with E-state index in [-0.39, 0.29) is 24.0 Å². The van der Waals surface area contributed by atoms with Crippen LogP contribution in [0, 0.1) is 10.1 Å². The Morgan fingerprint density at radius 2 is 2.33 bits per heavy atom. The van der Waals surface area contributed by atoms with Crippen LogP contribution in [0.2, 0.25) is 0 Å². The van der Waals surface area contributed by atoms with E-state index in [2.05, 4.69) is 27.8 Å². The van der Waals surface area contributed by atoms with E-state index in [1.165, 1.54) is 18.2 Å². The molecule has 0 saturated heterocycles. The number of nitro groups is 1. The number of nitrogens with zero attached hydrogens (tertiary/aromatic N) is 1. The third-order valence-electron chi connectivity index (χ3n) is 1.93. The second kappa shape index (κ2) is 6.75. The van der Waals surface area contributed by atoms with Crippen LogP contribution in [0.15, 0.2) is 35.3 Å². The van der Waals surface area contributed by atoms with Gasteiger partial charge in [-0.25, -0.2) is 0 Å². The van der Waals surface area contributed by atoms with Crippen molar-refractivity contribution in [1.29, 1.82) is 0 Å². The molecule has 1 amide bonds. The van der Waals surface area contributed by atoms with Gasteiger partial charge in [0.25, 0.3) is 11.6 Å². The Hall–Kier alpha value is -1.89. The van der Waals surface area contributed by atoms with E-state index in [4.69, 9.17) is 4.74 Å². The van der Waals surface area contributed by atoms with Gasteiger partial charge in [-0.1, -0.05) is 6.08 Å². The number of amides is 1. The molecule has 6 nitrogen and oxygen atoms in total. The molecule has 0 saturated carbocycles. The van der Waals surface area contributed by atoms with Crippen LogP contribution in [0.1, 0.15) is 0 Å². The minimum atomic E-state index is -0.531. The molecule has 1 aromatic carbocycles. The van der Waals surface area contributed by atoms with Gasteiger partial charge >= 0.3 is 0 Å². The van der Waals surface area contributed by atoms with Crippen LogP contribution in [-0.4, -0.2) is 24.0 Å². The molecular weight excluding hydrogens is 304 g/mol. The van der Waals surface area contributed by atoms with Crippen LogP contribution in [-0.2, 0) is 4.79 Å². The summed E-state index contributed by atoms with van der Waals surface area (Å²) in [5, 5.41) is 13.1. The Bertz CT molecular complexity index is 476. The van der Waals surface area contributed by atoms with Gasteiger partial charge in [0.1, 0.15) is 5.75 Å². The summed E-state index contributed by atoms with van der Waals surface area (Å²) < 4.78 is 5.73. The summed E-state index contributed by atoms with van der Waals surface area (Å²) in [6.07, 6.45) is 1.54. The molecule has 0 heterocycles. The fourth-order valence-corrected chi connectivity index (χ4v) is 1.46. The zero-order valence-corrected chi connectivity index (χ0v) is 11.0. The lowest BCUT2D eigenvalue weighted by Gasteiger charge is -2.07. The molecule has 0 spiro atoms. The number of carbonyl (C=O) groups is 1. The number of hydrogen-bond acceptors (Lipinski definition) is 4. The first-order valence-electron chi connectivity index (χ1n) is 4.99. The molecule has 1 N–H and O–H groups in total. The molecule has 0 bridgehead atoms. The second-order valence-corrected chi connectivity index (χ2v) is 4.11. The van der Waals surface area contributed by atoms with Gasteiger partial charge in [-0.05, 0) is 22.0 Å². The summed E-state index contributed by atoms with van der Waals surface area (Å²) in [5.74, 6) is -0.0775. The highest BCUT2D eigenvalue weighted by Gasteiger charge is 2.11. The molecule has 0 aromatic heterocycles. The number of ether oxygens (including phenoxy) is 1. The molecule has 18 heavy (non-hydrogen) atoms. The lowest BCUT2D eigenvalue weighted by Crippen LogP contribution is -2.28. The molecule has 96 valence electrons. The van der Waals surface area contributed by atoms with Crippen molar-refractivity contribution >= 4 is 27.5 Å². The van der Waals surface area contributed by atoms with Crippen molar-refractivity contribution in [2.45, 2.75) is 0 Å². The van der Waals surface area contributed by atoms with Gasteiger partial charge in [-0.3, -0.25) is 14.9 Å². The molecule has 0 radical (unpaired) electrons. The van der Waals surface area contributed by atoms with Crippen LogP contribution in [0.25, 0.3) is 0 Å². The minimum Gasteiger partial charge on any atom is -0.482 e. The highest BCUT2D eigenvalue weighted by molar-refractivity contribution is 9.10. The van der Waals surface area contributed by atoms with Crippen LogP contribution >= 0.6 is 15.9 Å². The first kappa shape index (κ1) is 14.2. The Labute approximate surface area is 112 Å². The third-order valence-corrected chi connectivity index (χ3v) is 2.58. The van der Waals surface area contributed by atoms with E-state index in [0.717, 1.165) is 0 Å². The maximum atomic E-state index is 11.3. The first-order chi connectivity index (χ1) is 8.54.